The Labute approximate surface area is 72.1 Å². The first-order chi connectivity index (χ1) is 5.79. The number of benzene rings is 1. The molecule has 64 valence electrons. The zero-order valence-electron chi connectivity index (χ0n) is 6.88. The van der Waals surface area contributed by atoms with Crippen molar-refractivity contribution >= 4 is 11.5 Å². The van der Waals surface area contributed by atoms with Crippen molar-refractivity contribution in [3.8, 4) is 0 Å². The van der Waals surface area contributed by atoms with Gasteiger partial charge in [0.1, 0.15) is 0 Å². The Bertz CT molecular complexity index is 243. The zero-order valence-corrected chi connectivity index (χ0v) is 6.88. The molecule has 0 spiro atoms. The number of amidine groups is 1. The lowest BCUT2D eigenvalue weighted by molar-refractivity contribution is 1.08. The van der Waals surface area contributed by atoms with Crippen molar-refractivity contribution in [1.82, 2.24) is 0 Å². The number of nitrogens with one attached hydrogen (secondary N) is 2. The molecule has 1 aromatic carbocycles. The lowest BCUT2D eigenvalue weighted by atomic mass is 10.3. The van der Waals surface area contributed by atoms with E-state index in [0.717, 1.165) is 12.2 Å². The molecule has 0 atom stereocenters. The highest BCUT2D eigenvalue weighted by molar-refractivity contribution is 5.77. The number of hydrogen-bond acceptors (Lipinski definition) is 2. The summed E-state index contributed by atoms with van der Waals surface area (Å²) < 4.78 is 0. The largest absolute Gasteiger partial charge is 0.388 e. The van der Waals surface area contributed by atoms with E-state index in [9.17, 15) is 0 Å². The van der Waals surface area contributed by atoms with Crippen molar-refractivity contribution in [3.05, 3.63) is 30.3 Å². The fraction of sp³-hybridized carbons (Fsp3) is 0.222. The topological polar surface area (TPSA) is 61.9 Å². The molecule has 0 aliphatic carbocycles. The summed E-state index contributed by atoms with van der Waals surface area (Å²) >= 11 is 0. The van der Waals surface area contributed by atoms with Gasteiger partial charge in [-0.2, -0.15) is 0 Å². The third kappa shape index (κ3) is 3.05. The molecule has 0 aliphatic rings. The number of nitrogens with two attached hydrogens (primary N) is 1. The van der Waals surface area contributed by atoms with Crippen LogP contribution in [0.2, 0.25) is 0 Å². The zero-order chi connectivity index (χ0) is 8.81. The molecule has 0 amide bonds. The lowest BCUT2D eigenvalue weighted by Gasteiger charge is -2.03. The third-order valence-corrected chi connectivity index (χ3v) is 1.50. The fourth-order valence-electron chi connectivity index (χ4n) is 0.898. The molecule has 3 heteroatoms. The molecule has 0 saturated carbocycles. The predicted octanol–water partition coefficient (Wildman–Crippen LogP) is 1.42. The van der Waals surface area contributed by atoms with E-state index in [1.165, 1.54) is 0 Å². The number of anilines is 1. The summed E-state index contributed by atoms with van der Waals surface area (Å²) in [6, 6.07) is 9.88. The van der Waals surface area contributed by atoms with Crippen molar-refractivity contribution < 1.29 is 0 Å². The number of para-hydroxylation sites is 1. The molecule has 1 aromatic rings. The summed E-state index contributed by atoms with van der Waals surface area (Å²) in [6.07, 6.45) is 0.592. The van der Waals surface area contributed by atoms with Crippen LogP contribution in [0.3, 0.4) is 0 Å². The van der Waals surface area contributed by atoms with Crippen LogP contribution in [0.1, 0.15) is 6.42 Å². The molecule has 0 fully saturated rings. The molecule has 4 N–H and O–H groups in total. The molecule has 0 unspecified atom stereocenters. The highest BCUT2D eigenvalue weighted by Crippen LogP contribution is 2.03. The Hall–Kier alpha value is -1.51. The second-order valence-electron chi connectivity index (χ2n) is 2.57. The summed E-state index contributed by atoms with van der Waals surface area (Å²) in [4.78, 5) is 0. The number of hydrogen-bond donors (Lipinski definition) is 3. The van der Waals surface area contributed by atoms with E-state index in [-0.39, 0.29) is 5.84 Å². The number of rotatable bonds is 4. The van der Waals surface area contributed by atoms with E-state index in [1.807, 2.05) is 30.3 Å². The third-order valence-electron chi connectivity index (χ3n) is 1.50. The van der Waals surface area contributed by atoms with E-state index >= 15 is 0 Å². The Balaban J connectivity index is 2.29. The first-order valence-corrected chi connectivity index (χ1v) is 3.91. The highest BCUT2D eigenvalue weighted by atomic mass is 14.9. The molecule has 3 nitrogen and oxygen atoms in total. The van der Waals surface area contributed by atoms with Gasteiger partial charge in [-0.15, -0.1) is 0 Å². The Morgan fingerprint density at radius 1 is 1.33 bits per heavy atom. The summed E-state index contributed by atoms with van der Waals surface area (Å²) in [7, 11) is 0. The molecule has 1 rings (SSSR count). The van der Waals surface area contributed by atoms with Crippen LogP contribution in [-0.4, -0.2) is 12.4 Å². The van der Waals surface area contributed by atoms with Gasteiger partial charge < -0.3 is 11.1 Å². The molecule has 0 saturated heterocycles. The maximum absolute atomic E-state index is 7.00. The van der Waals surface area contributed by atoms with E-state index < -0.39 is 0 Å². The minimum atomic E-state index is 0.221. The van der Waals surface area contributed by atoms with Crippen LogP contribution in [0.5, 0.6) is 0 Å². The standard InChI is InChI=1S/C9H13N3/c10-9(11)6-7-12-8-4-2-1-3-5-8/h1-5,12H,6-7H2,(H3,10,11). The highest BCUT2D eigenvalue weighted by Gasteiger charge is 1.90. The molecular weight excluding hydrogens is 150 g/mol. The van der Waals surface area contributed by atoms with Crippen LogP contribution in [0.25, 0.3) is 0 Å². The Kier molecular flexibility index (Phi) is 3.14. The molecule has 0 aliphatic heterocycles. The second kappa shape index (κ2) is 4.38. The molecule has 0 heterocycles. The van der Waals surface area contributed by atoms with E-state index in [2.05, 4.69) is 5.32 Å². The van der Waals surface area contributed by atoms with Gasteiger partial charge in [0.15, 0.2) is 0 Å². The maximum Gasteiger partial charge on any atom is 0.0923 e. The maximum atomic E-state index is 7.00. The lowest BCUT2D eigenvalue weighted by Crippen LogP contribution is -2.14. The van der Waals surface area contributed by atoms with Gasteiger partial charge >= 0.3 is 0 Å². The van der Waals surface area contributed by atoms with Gasteiger partial charge in [0, 0.05) is 18.7 Å². The summed E-state index contributed by atoms with van der Waals surface area (Å²) in [5.41, 5.74) is 6.27. The van der Waals surface area contributed by atoms with Gasteiger partial charge in [0.05, 0.1) is 5.84 Å². The quantitative estimate of drug-likeness (QED) is 0.464. The predicted molar refractivity (Wildman–Crippen MR) is 51.5 cm³/mol. The van der Waals surface area contributed by atoms with Crippen molar-refractivity contribution in [1.29, 1.82) is 5.41 Å². The van der Waals surface area contributed by atoms with Crippen LogP contribution < -0.4 is 11.1 Å². The van der Waals surface area contributed by atoms with Crippen LogP contribution in [-0.2, 0) is 0 Å². The monoisotopic (exact) mass is 163 g/mol. The SMILES string of the molecule is N=C(N)CCNc1ccccc1. The Morgan fingerprint density at radius 3 is 2.58 bits per heavy atom. The summed E-state index contributed by atoms with van der Waals surface area (Å²) in [6.45, 7) is 0.722. The molecule has 0 radical (unpaired) electrons. The van der Waals surface area contributed by atoms with Gasteiger partial charge in [0.2, 0.25) is 0 Å². The molecule has 12 heavy (non-hydrogen) atoms. The first-order valence-electron chi connectivity index (χ1n) is 3.91. The van der Waals surface area contributed by atoms with Crippen LogP contribution in [0.4, 0.5) is 5.69 Å². The van der Waals surface area contributed by atoms with Crippen LogP contribution in [0, 0.1) is 5.41 Å². The average molecular weight is 163 g/mol. The van der Waals surface area contributed by atoms with Crippen LogP contribution >= 0.6 is 0 Å². The van der Waals surface area contributed by atoms with Crippen molar-refractivity contribution in [2.75, 3.05) is 11.9 Å². The van der Waals surface area contributed by atoms with E-state index in [4.69, 9.17) is 11.1 Å². The molecule has 0 aromatic heterocycles. The first kappa shape index (κ1) is 8.59. The molecule has 0 bridgehead atoms. The van der Waals surface area contributed by atoms with Crippen molar-refractivity contribution in [2.45, 2.75) is 6.42 Å². The van der Waals surface area contributed by atoms with Gasteiger partial charge in [-0.1, -0.05) is 18.2 Å². The van der Waals surface area contributed by atoms with Gasteiger partial charge in [-0.05, 0) is 12.1 Å². The summed E-state index contributed by atoms with van der Waals surface area (Å²) in [5, 5.41) is 10.2. The summed E-state index contributed by atoms with van der Waals surface area (Å²) in [5.74, 6) is 0.221. The van der Waals surface area contributed by atoms with Crippen molar-refractivity contribution in [2.24, 2.45) is 5.73 Å². The van der Waals surface area contributed by atoms with Crippen molar-refractivity contribution in [3.63, 3.8) is 0 Å². The minimum Gasteiger partial charge on any atom is -0.388 e. The van der Waals surface area contributed by atoms with Gasteiger partial charge in [-0.25, -0.2) is 0 Å². The molecular formula is C9H13N3. The average Bonchev–Trinajstić information content (AvgIpc) is 2.05. The normalized spacial score (nSPS) is 9.33. The Morgan fingerprint density at radius 2 is 2.00 bits per heavy atom. The van der Waals surface area contributed by atoms with E-state index in [1.54, 1.807) is 0 Å². The van der Waals surface area contributed by atoms with E-state index in [0.29, 0.717) is 6.42 Å². The smallest absolute Gasteiger partial charge is 0.0923 e. The minimum absolute atomic E-state index is 0.221. The fourth-order valence-corrected chi connectivity index (χ4v) is 0.898. The van der Waals surface area contributed by atoms with Gasteiger partial charge in [-0.3, -0.25) is 5.41 Å². The van der Waals surface area contributed by atoms with Crippen LogP contribution in [0.15, 0.2) is 30.3 Å². The second-order valence-corrected chi connectivity index (χ2v) is 2.57. The van der Waals surface area contributed by atoms with Gasteiger partial charge in [0.25, 0.3) is 0 Å².